The topological polar surface area (TPSA) is 71.1 Å². The van der Waals surface area contributed by atoms with E-state index in [1.165, 1.54) is 0 Å². The Morgan fingerprint density at radius 2 is 1.76 bits per heavy atom. The van der Waals surface area contributed by atoms with Crippen LogP contribution in [0.5, 0.6) is 0 Å². The summed E-state index contributed by atoms with van der Waals surface area (Å²) in [7, 11) is 0. The summed E-state index contributed by atoms with van der Waals surface area (Å²) in [6.07, 6.45) is 5.05. The standard InChI is InChI=1S/C26H43N3O4/c1-10-16(2)24-20(33-26(7,8)9)14-22(31)29(24)18-11-12-28(15-18)19-13-21(30)27-23(19)17(3)32-25(4,5)6/h13-14,16-18,23-24H,10-12,15H2,1-9H3,(H,27,30)/t16-,17+,18-,23-,24-/m0/s1. The average Bonchev–Trinajstić information content (AvgIpc) is 3.35. The fourth-order valence-corrected chi connectivity index (χ4v) is 5.15. The maximum absolute atomic E-state index is 13.1. The molecule has 5 atom stereocenters. The van der Waals surface area contributed by atoms with E-state index in [4.69, 9.17) is 9.47 Å². The summed E-state index contributed by atoms with van der Waals surface area (Å²) < 4.78 is 12.4. The lowest BCUT2D eigenvalue weighted by Gasteiger charge is -2.37. The van der Waals surface area contributed by atoms with Crippen LogP contribution in [-0.4, -0.2) is 70.1 Å². The van der Waals surface area contributed by atoms with Gasteiger partial charge in [0.2, 0.25) is 5.91 Å². The molecule has 3 rings (SSSR count). The Morgan fingerprint density at radius 3 is 2.33 bits per heavy atom. The van der Waals surface area contributed by atoms with Crippen molar-refractivity contribution < 1.29 is 19.1 Å². The molecule has 0 bridgehead atoms. The molecule has 0 aliphatic carbocycles. The van der Waals surface area contributed by atoms with Gasteiger partial charge in [0.05, 0.1) is 29.8 Å². The fraction of sp³-hybridized carbons (Fsp3) is 0.769. The lowest BCUT2D eigenvalue weighted by atomic mass is 9.96. The minimum Gasteiger partial charge on any atom is -0.490 e. The predicted octanol–water partition coefficient (Wildman–Crippen LogP) is 3.60. The van der Waals surface area contributed by atoms with E-state index in [1.54, 1.807) is 12.2 Å². The summed E-state index contributed by atoms with van der Waals surface area (Å²) in [6.45, 7) is 20.0. The Hall–Kier alpha value is -2.02. The van der Waals surface area contributed by atoms with Crippen molar-refractivity contribution in [1.82, 2.24) is 15.1 Å². The monoisotopic (exact) mass is 461 g/mol. The molecule has 7 nitrogen and oxygen atoms in total. The van der Waals surface area contributed by atoms with E-state index in [1.807, 2.05) is 53.4 Å². The van der Waals surface area contributed by atoms with Gasteiger partial charge in [-0.25, -0.2) is 0 Å². The maximum atomic E-state index is 13.1. The van der Waals surface area contributed by atoms with Crippen LogP contribution in [0.2, 0.25) is 0 Å². The average molecular weight is 462 g/mol. The number of hydrogen-bond acceptors (Lipinski definition) is 5. The van der Waals surface area contributed by atoms with Crippen molar-refractivity contribution in [3.63, 3.8) is 0 Å². The number of ether oxygens (including phenoxy) is 2. The molecule has 0 aromatic rings. The summed E-state index contributed by atoms with van der Waals surface area (Å²) in [4.78, 5) is 29.7. The fourth-order valence-electron chi connectivity index (χ4n) is 5.15. The lowest BCUT2D eigenvalue weighted by molar-refractivity contribution is -0.129. The van der Waals surface area contributed by atoms with Crippen molar-refractivity contribution in [1.29, 1.82) is 0 Å². The van der Waals surface area contributed by atoms with E-state index in [9.17, 15) is 9.59 Å². The van der Waals surface area contributed by atoms with Crippen LogP contribution in [-0.2, 0) is 19.1 Å². The third kappa shape index (κ3) is 5.92. The first kappa shape index (κ1) is 25.6. The summed E-state index contributed by atoms with van der Waals surface area (Å²) in [5, 5.41) is 3.06. The molecule has 0 aromatic carbocycles. The minimum atomic E-state index is -0.355. The quantitative estimate of drug-likeness (QED) is 0.627. The number of nitrogens with one attached hydrogen (secondary N) is 1. The number of carbonyl (C=O) groups excluding carboxylic acids is 2. The molecule has 0 spiro atoms. The second-order valence-corrected chi connectivity index (χ2v) is 11.7. The SMILES string of the molecule is CC[C@H](C)[C@H]1C(OC(C)(C)C)=CC(=O)N1[C@H]1CCN(C2=CC(=O)N[C@H]2[C@@H](C)OC(C)(C)C)C1. The van der Waals surface area contributed by atoms with E-state index in [2.05, 4.69) is 24.1 Å². The van der Waals surface area contributed by atoms with Crippen molar-refractivity contribution in [2.24, 2.45) is 5.92 Å². The van der Waals surface area contributed by atoms with Gasteiger partial charge < -0.3 is 24.6 Å². The number of likely N-dealkylation sites (tertiary alicyclic amines) is 1. The molecule has 2 amide bonds. The van der Waals surface area contributed by atoms with Gasteiger partial charge in [-0.3, -0.25) is 9.59 Å². The van der Waals surface area contributed by atoms with Gasteiger partial charge in [0, 0.05) is 30.9 Å². The van der Waals surface area contributed by atoms with E-state index in [0.717, 1.165) is 30.8 Å². The molecule has 3 aliphatic rings. The molecule has 1 fully saturated rings. The Labute approximate surface area is 199 Å². The molecule has 1 saturated heterocycles. The van der Waals surface area contributed by atoms with Gasteiger partial charge in [0.25, 0.3) is 5.91 Å². The Balaban J connectivity index is 1.77. The van der Waals surface area contributed by atoms with Crippen LogP contribution in [0.4, 0.5) is 0 Å². The van der Waals surface area contributed by atoms with Crippen LogP contribution in [0, 0.1) is 5.92 Å². The smallest absolute Gasteiger partial charge is 0.250 e. The van der Waals surface area contributed by atoms with Crippen molar-refractivity contribution in [2.75, 3.05) is 13.1 Å². The molecular formula is C26H43N3O4. The molecule has 186 valence electrons. The zero-order chi connectivity index (χ0) is 24.7. The Morgan fingerprint density at radius 1 is 1.09 bits per heavy atom. The third-order valence-electron chi connectivity index (χ3n) is 6.54. The van der Waals surface area contributed by atoms with Gasteiger partial charge in [-0.1, -0.05) is 20.3 Å². The molecule has 3 heterocycles. The molecule has 0 radical (unpaired) electrons. The molecule has 0 saturated carbocycles. The second-order valence-electron chi connectivity index (χ2n) is 11.7. The molecular weight excluding hydrogens is 418 g/mol. The number of nitrogens with zero attached hydrogens (tertiary/aromatic N) is 2. The number of hydrogen-bond donors (Lipinski definition) is 1. The first-order valence-electron chi connectivity index (χ1n) is 12.4. The normalized spacial score (nSPS) is 28.1. The Kier molecular flexibility index (Phi) is 7.23. The zero-order valence-electron chi connectivity index (χ0n) is 21.9. The highest BCUT2D eigenvalue weighted by atomic mass is 16.5. The summed E-state index contributed by atoms with van der Waals surface area (Å²) in [5.41, 5.74) is 0.309. The van der Waals surface area contributed by atoms with Gasteiger partial charge >= 0.3 is 0 Å². The van der Waals surface area contributed by atoms with Crippen molar-refractivity contribution >= 4 is 11.8 Å². The van der Waals surface area contributed by atoms with Crippen LogP contribution in [0.25, 0.3) is 0 Å². The van der Waals surface area contributed by atoms with Gasteiger partial charge in [0.15, 0.2) is 0 Å². The number of rotatable bonds is 7. The summed E-state index contributed by atoms with van der Waals surface area (Å²) in [5.74, 6) is 1.02. The maximum Gasteiger partial charge on any atom is 0.250 e. The zero-order valence-corrected chi connectivity index (χ0v) is 21.9. The van der Waals surface area contributed by atoms with Crippen LogP contribution < -0.4 is 5.32 Å². The van der Waals surface area contributed by atoms with Gasteiger partial charge in [-0.15, -0.1) is 0 Å². The third-order valence-corrected chi connectivity index (χ3v) is 6.54. The highest BCUT2D eigenvalue weighted by molar-refractivity contribution is 5.92. The van der Waals surface area contributed by atoms with E-state index in [-0.39, 0.29) is 47.2 Å². The van der Waals surface area contributed by atoms with Crippen LogP contribution in [0.1, 0.15) is 75.2 Å². The molecule has 33 heavy (non-hydrogen) atoms. The van der Waals surface area contributed by atoms with E-state index >= 15 is 0 Å². The Bertz CT molecular complexity index is 820. The summed E-state index contributed by atoms with van der Waals surface area (Å²) in [6, 6.07) is -0.166. The van der Waals surface area contributed by atoms with Crippen molar-refractivity contribution in [3.8, 4) is 0 Å². The molecule has 1 N–H and O–H groups in total. The van der Waals surface area contributed by atoms with Gasteiger partial charge in [0.1, 0.15) is 11.4 Å². The molecule has 3 aliphatic heterocycles. The molecule has 0 unspecified atom stereocenters. The van der Waals surface area contributed by atoms with Gasteiger partial charge in [-0.05, 0) is 60.8 Å². The summed E-state index contributed by atoms with van der Waals surface area (Å²) >= 11 is 0. The van der Waals surface area contributed by atoms with Crippen molar-refractivity contribution in [3.05, 3.63) is 23.6 Å². The minimum absolute atomic E-state index is 0.0296. The van der Waals surface area contributed by atoms with E-state index in [0.29, 0.717) is 12.5 Å². The van der Waals surface area contributed by atoms with Gasteiger partial charge in [-0.2, -0.15) is 0 Å². The van der Waals surface area contributed by atoms with Crippen LogP contribution >= 0.6 is 0 Å². The second kappa shape index (κ2) is 9.32. The molecule has 0 aromatic heterocycles. The van der Waals surface area contributed by atoms with Crippen LogP contribution in [0.15, 0.2) is 23.6 Å². The lowest BCUT2D eigenvalue weighted by Crippen LogP contribution is -2.49. The largest absolute Gasteiger partial charge is 0.490 e. The predicted molar refractivity (Wildman–Crippen MR) is 129 cm³/mol. The first-order chi connectivity index (χ1) is 15.2. The highest BCUT2D eigenvalue weighted by Gasteiger charge is 2.45. The van der Waals surface area contributed by atoms with Crippen LogP contribution in [0.3, 0.4) is 0 Å². The first-order valence-corrected chi connectivity index (χ1v) is 12.4. The van der Waals surface area contributed by atoms with Crippen molar-refractivity contribution in [2.45, 2.75) is 111 Å². The highest BCUT2D eigenvalue weighted by Crippen LogP contribution is 2.36. The van der Waals surface area contributed by atoms with E-state index < -0.39 is 0 Å². The number of carbonyl (C=O) groups is 2. The molecule has 7 heteroatoms. The number of amides is 2.